The highest BCUT2D eigenvalue weighted by Crippen LogP contribution is 2.11. The Kier molecular flexibility index (Phi) is 7.33. The van der Waals surface area contributed by atoms with E-state index in [1.165, 1.54) is 24.3 Å². The fourth-order valence-corrected chi connectivity index (χ4v) is 2.43. The van der Waals surface area contributed by atoms with Gasteiger partial charge in [0, 0.05) is 3.57 Å². The van der Waals surface area contributed by atoms with E-state index in [0.29, 0.717) is 11.3 Å². The van der Waals surface area contributed by atoms with Gasteiger partial charge in [-0.15, -0.1) is 0 Å². The van der Waals surface area contributed by atoms with Crippen molar-refractivity contribution in [3.8, 4) is 5.75 Å². The summed E-state index contributed by atoms with van der Waals surface area (Å²) in [6, 6.07) is 12.1. The highest BCUT2D eigenvalue weighted by atomic mass is 127. The number of rotatable bonds is 6. The molecule has 2 aromatic carbocycles. The molecule has 3 N–H and O–H groups in total. The lowest BCUT2D eigenvalue weighted by atomic mass is 10.2. The van der Waals surface area contributed by atoms with E-state index < -0.39 is 23.5 Å². The van der Waals surface area contributed by atoms with Gasteiger partial charge >= 0.3 is 0 Å². The van der Waals surface area contributed by atoms with E-state index in [-0.39, 0.29) is 13.2 Å². The Balaban J connectivity index is 1.68. The molecule has 0 spiro atoms. The molecule has 0 aliphatic carbocycles. The van der Waals surface area contributed by atoms with E-state index in [9.17, 15) is 18.8 Å². The Bertz CT molecular complexity index is 799. The second-order valence-corrected chi connectivity index (χ2v) is 6.16. The van der Waals surface area contributed by atoms with E-state index in [1.807, 2.05) is 22.6 Å². The molecule has 26 heavy (non-hydrogen) atoms. The highest BCUT2D eigenvalue weighted by Gasteiger charge is 2.11. The molecule has 0 fully saturated rings. The molecule has 0 bridgehead atoms. The normalized spacial score (nSPS) is 9.92. The summed E-state index contributed by atoms with van der Waals surface area (Å²) in [5.41, 5.74) is 4.76. The first kappa shape index (κ1) is 19.6. The molecule has 0 atom stereocenters. The summed E-state index contributed by atoms with van der Waals surface area (Å²) in [7, 11) is 0. The van der Waals surface area contributed by atoms with Crippen LogP contribution >= 0.6 is 22.6 Å². The largest absolute Gasteiger partial charge is 0.484 e. The summed E-state index contributed by atoms with van der Waals surface area (Å²) in [6.45, 7) is -0.663. The van der Waals surface area contributed by atoms with Crippen molar-refractivity contribution >= 4 is 40.3 Å². The Morgan fingerprint density at radius 1 is 0.962 bits per heavy atom. The third-order valence-corrected chi connectivity index (χ3v) is 3.99. The first-order valence-corrected chi connectivity index (χ1v) is 8.52. The monoisotopic (exact) mass is 471 g/mol. The minimum absolute atomic E-state index is 0.303. The summed E-state index contributed by atoms with van der Waals surface area (Å²) in [4.78, 5) is 35.2. The number of hydrogen-bond donors (Lipinski definition) is 3. The maximum atomic E-state index is 12.7. The molecule has 0 radical (unpaired) electrons. The number of amides is 3. The van der Waals surface area contributed by atoms with Gasteiger partial charge in [-0.3, -0.25) is 25.2 Å². The number of benzene rings is 2. The minimum Gasteiger partial charge on any atom is -0.484 e. The zero-order valence-electron chi connectivity index (χ0n) is 13.4. The lowest BCUT2D eigenvalue weighted by molar-refractivity contribution is -0.129. The first-order valence-electron chi connectivity index (χ1n) is 7.44. The molecule has 2 rings (SSSR count). The van der Waals surface area contributed by atoms with E-state index >= 15 is 0 Å². The van der Waals surface area contributed by atoms with Gasteiger partial charge in [-0.05, 0) is 59.0 Å². The van der Waals surface area contributed by atoms with Crippen molar-refractivity contribution in [3.63, 3.8) is 0 Å². The van der Waals surface area contributed by atoms with Crippen LogP contribution in [0.4, 0.5) is 4.39 Å². The summed E-state index contributed by atoms with van der Waals surface area (Å²) in [6.07, 6.45) is 0. The zero-order valence-corrected chi connectivity index (χ0v) is 15.6. The molecule has 7 nitrogen and oxygen atoms in total. The van der Waals surface area contributed by atoms with E-state index in [0.717, 1.165) is 3.57 Å². The quantitative estimate of drug-likeness (QED) is 0.439. The molecule has 3 amide bonds. The minimum atomic E-state index is -0.605. The van der Waals surface area contributed by atoms with Gasteiger partial charge in [-0.25, -0.2) is 4.39 Å². The predicted octanol–water partition coefficient (Wildman–Crippen LogP) is 1.39. The van der Waals surface area contributed by atoms with Crippen molar-refractivity contribution in [1.29, 1.82) is 0 Å². The molecule has 0 unspecified atom stereocenters. The van der Waals surface area contributed by atoms with Gasteiger partial charge in [0.05, 0.1) is 12.1 Å². The van der Waals surface area contributed by atoms with Crippen LogP contribution < -0.4 is 20.9 Å². The fraction of sp³-hybridized carbons (Fsp3) is 0.118. The summed E-state index contributed by atoms with van der Waals surface area (Å²) in [5.74, 6) is -1.69. The van der Waals surface area contributed by atoms with Crippen LogP contribution in [0.5, 0.6) is 5.75 Å². The van der Waals surface area contributed by atoms with Crippen molar-refractivity contribution in [1.82, 2.24) is 16.2 Å². The highest BCUT2D eigenvalue weighted by molar-refractivity contribution is 14.1. The first-order chi connectivity index (χ1) is 12.5. The number of hydrazine groups is 1. The smallest absolute Gasteiger partial charge is 0.276 e. The number of nitrogens with one attached hydrogen (secondary N) is 3. The van der Waals surface area contributed by atoms with Crippen molar-refractivity contribution in [2.75, 3.05) is 13.2 Å². The second-order valence-electron chi connectivity index (χ2n) is 5.00. The van der Waals surface area contributed by atoms with Crippen molar-refractivity contribution in [2.24, 2.45) is 0 Å². The molecule has 2 aromatic rings. The molecule has 9 heteroatoms. The van der Waals surface area contributed by atoms with E-state index in [1.54, 1.807) is 24.3 Å². The Morgan fingerprint density at radius 2 is 1.62 bits per heavy atom. The molecule has 0 saturated carbocycles. The van der Waals surface area contributed by atoms with Crippen molar-refractivity contribution in [2.45, 2.75) is 0 Å². The average Bonchev–Trinajstić information content (AvgIpc) is 2.64. The van der Waals surface area contributed by atoms with Gasteiger partial charge < -0.3 is 10.1 Å². The number of ether oxygens (including phenoxy) is 1. The van der Waals surface area contributed by atoms with Crippen LogP contribution in [0, 0.1) is 9.39 Å². The average molecular weight is 471 g/mol. The van der Waals surface area contributed by atoms with Crippen LogP contribution in [0.1, 0.15) is 10.4 Å². The molecular formula is C17H15FIN3O4. The van der Waals surface area contributed by atoms with Crippen LogP contribution in [0.2, 0.25) is 0 Å². The van der Waals surface area contributed by atoms with Crippen molar-refractivity contribution < 1.29 is 23.5 Å². The second kappa shape index (κ2) is 9.70. The lowest BCUT2D eigenvalue weighted by Gasteiger charge is -2.10. The zero-order chi connectivity index (χ0) is 18.9. The van der Waals surface area contributed by atoms with Gasteiger partial charge in [0.1, 0.15) is 11.6 Å². The molecule has 0 aliphatic rings. The van der Waals surface area contributed by atoms with E-state index in [4.69, 9.17) is 4.74 Å². The molecule has 0 saturated heterocycles. The van der Waals surface area contributed by atoms with Gasteiger partial charge in [-0.2, -0.15) is 0 Å². The Labute approximate surface area is 162 Å². The number of carbonyl (C=O) groups is 3. The number of halogens is 2. The standard InChI is InChI=1S/C17H15FIN3O4/c18-11-5-7-12(8-6-11)26-10-16(24)22-21-15(23)9-20-17(25)13-3-1-2-4-14(13)19/h1-8H,9-10H2,(H,20,25)(H,21,23)(H,22,24). The Hall–Kier alpha value is -2.69. The molecule has 0 heterocycles. The van der Waals surface area contributed by atoms with Crippen LogP contribution in [0.25, 0.3) is 0 Å². The van der Waals surface area contributed by atoms with Crippen LogP contribution in [0.15, 0.2) is 48.5 Å². The number of carbonyl (C=O) groups excluding carboxylic acids is 3. The molecule has 0 aliphatic heterocycles. The molecular weight excluding hydrogens is 456 g/mol. The molecule has 0 aromatic heterocycles. The van der Waals surface area contributed by atoms with Gasteiger partial charge in [0.25, 0.3) is 17.7 Å². The SMILES string of the molecule is O=C(CNC(=O)c1ccccc1I)NNC(=O)COc1ccc(F)cc1. The van der Waals surface area contributed by atoms with Crippen LogP contribution in [-0.4, -0.2) is 30.9 Å². The topological polar surface area (TPSA) is 96.5 Å². The lowest BCUT2D eigenvalue weighted by Crippen LogP contribution is -2.47. The van der Waals surface area contributed by atoms with Crippen LogP contribution in [-0.2, 0) is 9.59 Å². The maximum Gasteiger partial charge on any atom is 0.276 e. The number of hydrogen-bond acceptors (Lipinski definition) is 4. The summed E-state index contributed by atoms with van der Waals surface area (Å²) >= 11 is 2.02. The van der Waals surface area contributed by atoms with Gasteiger partial charge in [0.15, 0.2) is 6.61 Å². The predicted molar refractivity (Wildman–Crippen MR) is 99.7 cm³/mol. The summed E-state index contributed by atoms with van der Waals surface area (Å²) < 4.78 is 18.6. The fourth-order valence-electron chi connectivity index (χ4n) is 1.80. The third-order valence-electron chi connectivity index (χ3n) is 3.05. The summed E-state index contributed by atoms with van der Waals surface area (Å²) in [5, 5.41) is 2.45. The van der Waals surface area contributed by atoms with Crippen LogP contribution in [0.3, 0.4) is 0 Å². The Morgan fingerprint density at radius 3 is 2.31 bits per heavy atom. The van der Waals surface area contributed by atoms with E-state index in [2.05, 4.69) is 16.2 Å². The third kappa shape index (κ3) is 6.31. The van der Waals surface area contributed by atoms with Gasteiger partial charge in [0.2, 0.25) is 0 Å². The maximum absolute atomic E-state index is 12.7. The van der Waals surface area contributed by atoms with Crippen molar-refractivity contribution in [3.05, 3.63) is 63.5 Å². The van der Waals surface area contributed by atoms with Gasteiger partial charge in [-0.1, -0.05) is 12.1 Å². The molecule has 136 valence electrons.